The molecule has 0 unspecified atom stereocenters. The molecule has 36 valence electrons. The normalized spacial score (nSPS) is 9.67. The topological polar surface area (TPSA) is 74.6 Å². The molecule has 0 aromatic heterocycles. The maximum absolute atomic E-state index is 8.82. The van der Waals surface area contributed by atoms with Crippen LogP contribution < -0.4 is 0 Å². The molecule has 0 aromatic rings. The van der Waals surface area contributed by atoms with Crippen molar-refractivity contribution in [3.63, 3.8) is 0 Å². The van der Waals surface area contributed by atoms with Gasteiger partial charge in [0.25, 0.3) is 0 Å². The molecule has 0 spiro atoms. The van der Waals surface area contributed by atoms with Crippen LogP contribution >= 0.6 is 0 Å². The Balaban J connectivity index is 0. The van der Waals surface area contributed by atoms with Gasteiger partial charge in [-0.05, 0) is 0 Å². The van der Waals surface area contributed by atoms with Crippen LogP contribution in [0.25, 0.3) is 0 Å². The average Bonchev–Trinajstić information content (AvgIpc) is 0.722. The van der Waals surface area contributed by atoms with E-state index in [4.69, 9.17) is 16.0 Å². The van der Waals surface area contributed by atoms with E-state index in [0.717, 1.165) is 0 Å². The Bertz CT molecular complexity index is 90.7. The van der Waals surface area contributed by atoms with E-state index in [0.29, 0.717) is 0 Å². The van der Waals surface area contributed by atoms with Crippen molar-refractivity contribution in [1.29, 1.82) is 0 Å². The van der Waals surface area contributed by atoms with Crippen molar-refractivity contribution in [1.82, 2.24) is 0 Å². The van der Waals surface area contributed by atoms with E-state index in [9.17, 15) is 0 Å². The van der Waals surface area contributed by atoms with Gasteiger partial charge in [0.1, 0.15) is 0 Å². The van der Waals surface area contributed by atoms with Gasteiger partial charge in [-0.25, -0.2) is 0 Å². The summed E-state index contributed by atoms with van der Waals surface area (Å²) in [7, 11) is 0. The summed E-state index contributed by atoms with van der Waals surface area (Å²) in [6.07, 6.45) is 0. The fourth-order valence-corrected chi connectivity index (χ4v) is 0. The van der Waals surface area contributed by atoms with Crippen LogP contribution in [0.1, 0.15) is 0 Å². The SMILES string of the molecule is O=[Se](=O)(O)O.[Pb]. The molecule has 6 heteroatoms. The zero-order valence-corrected chi connectivity index (χ0v) is 8.22. The summed E-state index contributed by atoms with van der Waals surface area (Å²) in [5, 5.41) is 0. The minimum absolute atomic E-state index is 0. The zero-order chi connectivity index (χ0) is 4.50. The van der Waals surface area contributed by atoms with E-state index < -0.39 is 13.4 Å². The number of hydrogen-bond acceptors (Lipinski definition) is 2. The predicted octanol–water partition coefficient (Wildman–Crippen LogP) is -2.11. The van der Waals surface area contributed by atoms with Gasteiger partial charge < -0.3 is 0 Å². The molecule has 0 fully saturated rings. The smallest absolute Gasteiger partial charge is 0 e. The molecule has 0 atom stereocenters. The Kier molecular flexibility index (Phi) is 5.07. The van der Waals surface area contributed by atoms with Gasteiger partial charge >= 0.3 is 29.4 Å². The summed E-state index contributed by atoms with van der Waals surface area (Å²) in [6, 6.07) is 0. The molecule has 2 N–H and O–H groups in total. The summed E-state index contributed by atoms with van der Waals surface area (Å²) >= 11 is -5.25. The van der Waals surface area contributed by atoms with Gasteiger partial charge in [-0.15, -0.1) is 0 Å². The fraction of sp³-hybridized carbons (Fsp3) is 0. The summed E-state index contributed by atoms with van der Waals surface area (Å²) in [4.78, 5) is 0. The molecule has 6 heavy (non-hydrogen) atoms. The molecule has 0 amide bonds. The van der Waals surface area contributed by atoms with Crippen molar-refractivity contribution in [2.75, 3.05) is 0 Å². The van der Waals surface area contributed by atoms with E-state index >= 15 is 0 Å². The molecular weight excluding hydrogens is 350 g/mol. The number of rotatable bonds is 0. The van der Waals surface area contributed by atoms with Crippen LogP contribution in [0.2, 0.25) is 0 Å². The summed E-state index contributed by atoms with van der Waals surface area (Å²) in [6.45, 7) is 0. The second-order valence-corrected chi connectivity index (χ2v) is 2.33. The maximum atomic E-state index is 8.82. The van der Waals surface area contributed by atoms with Crippen LogP contribution in [0.4, 0.5) is 0 Å². The molecule has 0 saturated heterocycles. The van der Waals surface area contributed by atoms with Gasteiger partial charge in [-0.3, -0.25) is 0 Å². The van der Waals surface area contributed by atoms with Crippen molar-refractivity contribution in [3.8, 4) is 0 Å². The number of hydrogen-bond donors (Lipinski definition) is 2. The minimum Gasteiger partial charge on any atom is 0 e. The quantitative estimate of drug-likeness (QED) is 0.490. The summed E-state index contributed by atoms with van der Waals surface area (Å²) < 4.78 is 31.9. The van der Waals surface area contributed by atoms with Crippen molar-refractivity contribution >= 4 is 40.7 Å². The van der Waals surface area contributed by atoms with Crippen LogP contribution in [0.15, 0.2) is 0 Å². The summed E-state index contributed by atoms with van der Waals surface area (Å²) in [5.41, 5.74) is 0. The average molecular weight is 352 g/mol. The largest absolute Gasteiger partial charge is 0 e. The molecule has 0 rings (SSSR count). The molecule has 0 aliphatic carbocycles. The minimum atomic E-state index is -5.25. The van der Waals surface area contributed by atoms with Crippen LogP contribution in [-0.4, -0.2) is 49.0 Å². The van der Waals surface area contributed by atoms with E-state index in [1.807, 2.05) is 0 Å². The Labute approximate surface area is 56.6 Å². The molecule has 4 radical (unpaired) electrons. The van der Waals surface area contributed by atoms with Gasteiger partial charge in [0.05, 0.1) is 0 Å². The molecule has 0 heterocycles. The van der Waals surface area contributed by atoms with Gasteiger partial charge in [0.2, 0.25) is 0 Å². The second-order valence-electron chi connectivity index (χ2n) is 0.448. The fourth-order valence-electron chi connectivity index (χ4n) is 0. The van der Waals surface area contributed by atoms with Crippen molar-refractivity contribution < 1.29 is 16.0 Å². The van der Waals surface area contributed by atoms with E-state index in [2.05, 4.69) is 0 Å². The summed E-state index contributed by atoms with van der Waals surface area (Å²) in [5.74, 6) is 0. The van der Waals surface area contributed by atoms with Crippen LogP contribution in [0, 0.1) is 0 Å². The van der Waals surface area contributed by atoms with Gasteiger partial charge in [0, 0.05) is 27.3 Å². The van der Waals surface area contributed by atoms with Gasteiger partial charge in [-0.2, -0.15) is 0 Å². The Morgan fingerprint density at radius 3 is 1.17 bits per heavy atom. The molecule has 0 saturated carbocycles. The second kappa shape index (κ2) is 3.03. The van der Waals surface area contributed by atoms with E-state index in [1.54, 1.807) is 0 Å². The molecule has 4 nitrogen and oxygen atoms in total. The van der Waals surface area contributed by atoms with Crippen molar-refractivity contribution in [3.05, 3.63) is 0 Å². The first-order valence-electron chi connectivity index (χ1n) is 0.698. The molecular formula is H2O4PbSe. The monoisotopic (exact) mass is 354 g/mol. The molecule has 0 aromatic carbocycles. The third kappa shape index (κ3) is 84.2. The van der Waals surface area contributed by atoms with E-state index in [1.165, 1.54) is 0 Å². The Morgan fingerprint density at radius 1 is 1.17 bits per heavy atom. The third-order valence-corrected chi connectivity index (χ3v) is 0. The first-order chi connectivity index (χ1) is 2.00. The maximum Gasteiger partial charge on any atom is 0 e. The predicted molar refractivity (Wildman–Crippen MR) is 17.3 cm³/mol. The van der Waals surface area contributed by atoms with Gasteiger partial charge in [0.15, 0.2) is 0 Å². The van der Waals surface area contributed by atoms with Crippen LogP contribution in [0.5, 0.6) is 0 Å². The van der Waals surface area contributed by atoms with Crippen molar-refractivity contribution in [2.24, 2.45) is 0 Å². The van der Waals surface area contributed by atoms with E-state index in [-0.39, 0.29) is 27.3 Å². The van der Waals surface area contributed by atoms with Crippen molar-refractivity contribution in [2.45, 2.75) is 0 Å². The molecule has 0 bridgehead atoms. The molecule has 0 aliphatic heterocycles. The zero-order valence-electron chi connectivity index (χ0n) is 2.62. The first kappa shape index (κ1) is 10.1. The molecule has 0 aliphatic rings. The first-order valence-corrected chi connectivity index (χ1v) is 3.63. The Hall–Kier alpha value is 0.962. The van der Waals surface area contributed by atoms with Crippen LogP contribution in [-0.2, 0) is 7.67 Å². The van der Waals surface area contributed by atoms with Crippen LogP contribution in [0.3, 0.4) is 0 Å². The van der Waals surface area contributed by atoms with Gasteiger partial charge in [-0.1, -0.05) is 0 Å². The standard InChI is InChI=1S/H2O4Se.Pb/c1-5(2,3)4;/h(H2,1,2,3,4);. The third-order valence-electron chi connectivity index (χ3n) is 0. The Morgan fingerprint density at radius 2 is 1.17 bits per heavy atom.